The molecule has 0 rings (SSSR count). The Morgan fingerprint density at radius 3 is 2.45 bits per heavy atom. The van der Waals surface area contributed by atoms with Gasteiger partial charge in [-0.25, -0.2) is 0 Å². The van der Waals surface area contributed by atoms with Crippen LogP contribution in [-0.4, -0.2) is 12.5 Å². The van der Waals surface area contributed by atoms with E-state index in [0.717, 1.165) is 0 Å². The highest BCUT2D eigenvalue weighted by molar-refractivity contribution is 5.76. The molecule has 0 bridgehead atoms. The van der Waals surface area contributed by atoms with Crippen LogP contribution in [-0.2, 0) is 4.79 Å². The van der Waals surface area contributed by atoms with E-state index in [1.807, 2.05) is 20.8 Å². The van der Waals surface area contributed by atoms with Crippen LogP contribution in [0.25, 0.3) is 0 Å². The van der Waals surface area contributed by atoms with Crippen molar-refractivity contribution in [1.82, 2.24) is 5.32 Å². The van der Waals surface area contributed by atoms with Crippen LogP contribution < -0.4 is 5.32 Å². The molecule has 0 aliphatic rings. The third-order valence-electron chi connectivity index (χ3n) is 1.13. The first-order valence-corrected chi connectivity index (χ1v) is 3.83. The Bertz CT molecular complexity index is 144. The van der Waals surface area contributed by atoms with Gasteiger partial charge in [-0.2, -0.15) is 0 Å². The fourth-order valence-corrected chi connectivity index (χ4v) is 0.730. The molecule has 64 valence electrons. The van der Waals surface area contributed by atoms with E-state index in [9.17, 15) is 4.79 Å². The van der Waals surface area contributed by atoms with Crippen LogP contribution >= 0.6 is 0 Å². The lowest BCUT2D eigenvalue weighted by Gasteiger charge is -2.16. The molecule has 1 N–H and O–H groups in total. The molecule has 0 aliphatic carbocycles. The summed E-state index contributed by atoms with van der Waals surface area (Å²) < 4.78 is 0. The van der Waals surface area contributed by atoms with E-state index in [1.54, 1.807) is 6.08 Å². The summed E-state index contributed by atoms with van der Waals surface area (Å²) in [4.78, 5) is 11.1. The molecular formula is C9H17NO. The van der Waals surface area contributed by atoms with Crippen molar-refractivity contribution in [2.24, 2.45) is 5.41 Å². The molecule has 0 atom stereocenters. The molecule has 0 spiro atoms. The SMILES string of the molecule is C=CCNC(=O)CC(C)(C)C. The third kappa shape index (κ3) is 7.10. The van der Waals surface area contributed by atoms with Crippen molar-refractivity contribution >= 4 is 5.91 Å². The van der Waals surface area contributed by atoms with Crippen molar-refractivity contribution in [2.75, 3.05) is 6.54 Å². The molecule has 0 aromatic heterocycles. The predicted octanol–water partition coefficient (Wildman–Crippen LogP) is 1.72. The largest absolute Gasteiger partial charge is 0.353 e. The zero-order chi connectivity index (χ0) is 8.91. The molecule has 0 radical (unpaired) electrons. The first kappa shape index (κ1) is 10.2. The molecular weight excluding hydrogens is 138 g/mol. The van der Waals surface area contributed by atoms with Crippen molar-refractivity contribution < 1.29 is 4.79 Å². The number of carbonyl (C=O) groups is 1. The van der Waals surface area contributed by atoms with Crippen LogP contribution in [0, 0.1) is 5.41 Å². The van der Waals surface area contributed by atoms with Crippen LogP contribution in [0.2, 0.25) is 0 Å². The second-order valence-corrected chi connectivity index (χ2v) is 3.83. The Labute approximate surface area is 68.7 Å². The monoisotopic (exact) mass is 155 g/mol. The fourth-order valence-electron chi connectivity index (χ4n) is 0.730. The van der Waals surface area contributed by atoms with Gasteiger partial charge in [0.2, 0.25) is 5.91 Å². The number of hydrogen-bond acceptors (Lipinski definition) is 1. The van der Waals surface area contributed by atoms with E-state index in [4.69, 9.17) is 0 Å². The average molecular weight is 155 g/mol. The van der Waals surface area contributed by atoms with E-state index in [2.05, 4.69) is 11.9 Å². The van der Waals surface area contributed by atoms with Crippen molar-refractivity contribution in [3.05, 3.63) is 12.7 Å². The predicted molar refractivity (Wildman–Crippen MR) is 47.3 cm³/mol. The summed E-state index contributed by atoms with van der Waals surface area (Å²) in [5, 5.41) is 2.73. The molecule has 0 unspecified atom stereocenters. The van der Waals surface area contributed by atoms with E-state index in [0.29, 0.717) is 13.0 Å². The van der Waals surface area contributed by atoms with Crippen LogP contribution in [0.4, 0.5) is 0 Å². The summed E-state index contributed by atoms with van der Waals surface area (Å²) in [7, 11) is 0. The average Bonchev–Trinajstić information content (AvgIpc) is 1.79. The summed E-state index contributed by atoms with van der Waals surface area (Å²) in [6.07, 6.45) is 2.25. The van der Waals surface area contributed by atoms with Gasteiger partial charge < -0.3 is 5.32 Å². The standard InChI is InChI=1S/C9H17NO/c1-5-6-10-8(11)7-9(2,3)4/h5H,1,6-7H2,2-4H3,(H,10,11). The molecule has 0 aromatic carbocycles. The molecule has 0 saturated carbocycles. The van der Waals surface area contributed by atoms with Gasteiger partial charge in [-0.1, -0.05) is 26.8 Å². The lowest BCUT2D eigenvalue weighted by Crippen LogP contribution is -2.27. The van der Waals surface area contributed by atoms with Crippen molar-refractivity contribution in [3.8, 4) is 0 Å². The van der Waals surface area contributed by atoms with Gasteiger partial charge in [0.15, 0.2) is 0 Å². The van der Waals surface area contributed by atoms with Gasteiger partial charge in [-0.05, 0) is 5.41 Å². The first-order valence-electron chi connectivity index (χ1n) is 3.83. The number of hydrogen-bond donors (Lipinski definition) is 1. The third-order valence-corrected chi connectivity index (χ3v) is 1.13. The smallest absolute Gasteiger partial charge is 0.220 e. The summed E-state index contributed by atoms with van der Waals surface area (Å²) in [5.41, 5.74) is 0.0747. The van der Waals surface area contributed by atoms with Gasteiger partial charge >= 0.3 is 0 Å². The Morgan fingerprint density at radius 1 is 1.55 bits per heavy atom. The quantitative estimate of drug-likeness (QED) is 0.618. The molecule has 2 nitrogen and oxygen atoms in total. The number of rotatable bonds is 3. The van der Waals surface area contributed by atoms with Gasteiger partial charge in [-0.3, -0.25) is 4.79 Å². The van der Waals surface area contributed by atoms with Gasteiger partial charge in [0.1, 0.15) is 0 Å². The minimum Gasteiger partial charge on any atom is -0.353 e. The number of nitrogens with one attached hydrogen (secondary N) is 1. The van der Waals surface area contributed by atoms with Crippen LogP contribution in [0.5, 0.6) is 0 Å². The summed E-state index contributed by atoms with van der Waals surface area (Å²) in [5.74, 6) is 0.0948. The van der Waals surface area contributed by atoms with E-state index >= 15 is 0 Å². The second kappa shape index (κ2) is 4.16. The molecule has 0 saturated heterocycles. The minimum atomic E-state index is 0.0747. The Balaban J connectivity index is 3.61. The van der Waals surface area contributed by atoms with Gasteiger partial charge in [0, 0.05) is 13.0 Å². The van der Waals surface area contributed by atoms with Gasteiger partial charge in [-0.15, -0.1) is 6.58 Å². The van der Waals surface area contributed by atoms with E-state index in [1.165, 1.54) is 0 Å². The topological polar surface area (TPSA) is 29.1 Å². The first-order chi connectivity index (χ1) is 4.95. The number of amides is 1. The maximum Gasteiger partial charge on any atom is 0.220 e. The Morgan fingerprint density at radius 2 is 2.09 bits per heavy atom. The van der Waals surface area contributed by atoms with Crippen molar-refractivity contribution in [1.29, 1.82) is 0 Å². The molecule has 2 heteroatoms. The maximum absolute atomic E-state index is 11.1. The van der Waals surface area contributed by atoms with Crippen LogP contribution in [0.3, 0.4) is 0 Å². The summed E-state index contributed by atoms with van der Waals surface area (Å²) in [6.45, 7) is 10.2. The Hall–Kier alpha value is -0.790. The molecule has 0 aromatic rings. The second-order valence-electron chi connectivity index (χ2n) is 3.83. The lowest BCUT2D eigenvalue weighted by atomic mass is 9.92. The van der Waals surface area contributed by atoms with Crippen LogP contribution in [0.15, 0.2) is 12.7 Å². The van der Waals surface area contributed by atoms with Crippen molar-refractivity contribution in [2.45, 2.75) is 27.2 Å². The van der Waals surface area contributed by atoms with Gasteiger partial charge in [0.25, 0.3) is 0 Å². The lowest BCUT2D eigenvalue weighted by molar-refractivity contribution is -0.122. The summed E-state index contributed by atoms with van der Waals surface area (Å²) in [6, 6.07) is 0. The zero-order valence-electron chi connectivity index (χ0n) is 7.61. The molecule has 11 heavy (non-hydrogen) atoms. The Kier molecular flexibility index (Phi) is 3.86. The highest BCUT2D eigenvalue weighted by Crippen LogP contribution is 2.17. The fraction of sp³-hybridized carbons (Fsp3) is 0.667. The molecule has 1 amide bonds. The summed E-state index contributed by atoms with van der Waals surface area (Å²) >= 11 is 0. The zero-order valence-corrected chi connectivity index (χ0v) is 7.61. The number of carbonyl (C=O) groups excluding carboxylic acids is 1. The molecule has 0 fully saturated rings. The van der Waals surface area contributed by atoms with Crippen molar-refractivity contribution in [3.63, 3.8) is 0 Å². The van der Waals surface area contributed by atoms with Crippen LogP contribution in [0.1, 0.15) is 27.2 Å². The van der Waals surface area contributed by atoms with Gasteiger partial charge in [0.05, 0.1) is 0 Å². The molecule has 0 heterocycles. The highest BCUT2D eigenvalue weighted by Gasteiger charge is 2.14. The normalized spacial score (nSPS) is 10.8. The maximum atomic E-state index is 11.1. The minimum absolute atomic E-state index is 0.0747. The van der Waals surface area contributed by atoms with E-state index < -0.39 is 0 Å². The highest BCUT2D eigenvalue weighted by atomic mass is 16.1. The molecule has 0 aliphatic heterocycles. The van der Waals surface area contributed by atoms with E-state index in [-0.39, 0.29) is 11.3 Å².